The van der Waals surface area contributed by atoms with Crippen LogP contribution < -0.4 is 15.0 Å². The summed E-state index contributed by atoms with van der Waals surface area (Å²) in [6, 6.07) is 21.3. The number of amides is 2. The lowest BCUT2D eigenvalue weighted by atomic mass is 10.1. The number of hydrogen-bond acceptors (Lipinski definition) is 3. The summed E-state index contributed by atoms with van der Waals surface area (Å²) < 4.78 is 5.59. The van der Waals surface area contributed by atoms with Crippen LogP contribution >= 0.6 is 0 Å². The summed E-state index contributed by atoms with van der Waals surface area (Å²) in [4.78, 5) is 26.9. The van der Waals surface area contributed by atoms with E-state index >= 15 is 0 Å². The molecule has 0 unspecified atom stereocenters. The molecular weight excluding hydrogens is 364 g/mol. The zero-order chi connectivity index (χ0) is 20.2. The molecule has 4 rings (SSSR count). The Kier molecular flexibility index (Phi) is 5.47. The lowest BCUT2D eigenvalue weighted by Gasteiger charge is -2.17. The number of anilines is 2. The highest BCUT2D eigenvalue weighted by molar-refractivity contribution is 6.04. The molecule has 0 aromatic heterocycles. The molecule has 1 N–H and O–H groups in total. The van der Waals surface area contributed by atoms with Crippen molar-refractivity contribution in [1.82, 2.24) is 0 Å². The van der Waals surface area contributed by atoms with Crippen LogP contribution in [0.25, 0.3) is 10.8 Å². The van der Waals surface area contributed by atoms with Crippen molar-refractivity contribution in [2.24, 2.45) is 5.92 Å². The number of carbonyl (C=O) groups excluding carboxylic acids is 2. The highest BCUT2D eigenvalue weighted by atomic mass is 16.5. The number of benzene rings is 3. The Morgan fingerprint density at radius 3 is 2.59 bits per heavy atom. The van der Waals surface area contributed by atoms with Crippen LogP contribution in [-0.4, -0.2) is 25.0 Å². The Bertz CT molecular complexity index is 1030. The molecule has 5 heteroatoms. The van der Waals surface area contributed by atoms with Gasteiger partial charge < -0.3 is 15.0 Å². The van der Waals surface area contributed by atoms with Gasteiger partial charge in [0.25, 0.3) is 0 Å². The topological polar surface area (TPSA) is 58.6 Å². The van der Waals surface area contributed by atoms with Crippen LogP contribution in [0.15, 0.2) is 66.7 Å². The van der Waals surface area contributed by atoms with Gasteiger partial charge >= 0.3 is 0 Å². The van der Waals surface area contributed by atoms with Gasteiger partial charge in [-0.15, -0.1) is 0 Å². The van der Waals surface area contributed by atoms with E-state index in [1.165, 1.54) is 0 Å². The Hall–Kier alpha value is -3.34. The molecule has 0 bridgehead atoms. The van der Waals surface area contributed by atoms with E-state index in [-0.39, 0.29) is 24.2 Å². The number of carbonyl (C=O) groups is 2. The summed E-state index contributed by atoms with van der Waals surface area (Å²) in [5, 5.41) is 5.16. The number of ether oxygens (including phenoxy) is 1. The van der Waals surface area contributed by atoms with Crippen molar-refractivity contribution in [1.29, 1.82) is 0 Å². The molecule has 1 heterocycles. The molecule has 3 aromatic carbocycles. The van der Waals surface area contributed by atoms with Crippen molar-refractivity contribution in [3.8, 4) is 5.75 Å². The second kappa shape index (κ2) is 8.35. The van der Waals surface area contributed by atoms with E-state index < -0.39 is 0 Å². The first-order chi connectivity index (χ1) is 14.1. The molecule has 2 amide bonds. The van der Waals surface area contributed by atoms with Crippen LogP contribution in [0.3, 0.4) is 0 Å². The van der Waals surface area contributed by atoms with E-state index in [0.29, 0.717) is 13.2 Å². The maximum absolute atomic E-state index is 12.7. The lowest BCUT2D eigenvalue weighted by Crippen LogP contribution is -2.28. The van der Waals surface area contributed by atoms with Crippen molar-refractivity contribution >= 4 is 34.0 Å². The van der Waals surface area contributed by atoms with Gasteiger partial charge in [0.05, 0.1) is 12.5 Å². The van der Waals surface area contributed by atoms with E-state index in [1.54, 1.807) is 4.90 Å². The second-order valence-corrected chi connectivity index (χ2v) is 7.30. The third kappa shape index (κ3) is 4.24. The monoisotopic (exact) mass is 388 g/mol. The Labute approximate surface area is 170 Å². The van der Waals surface area contributed by atoms with Gasteiger partial charge in [-0.3, -0.25) is 9.59 Å². The van der Waals surface area contributed by atoms with E-state index in [0.717, 1.165) is 34.3 Å². The lowest BCUT2D eigenvalue weighted by molar-refractivity contribution is -0.122. The van der Waals surface area contributed by atoms with Gasteiger partial charge in [-0.25, -0.2) is 0 Å². The fourth-order valence-electron chi connectivity index (χ4n) is 3.59. The third-order valence-electron chi connectivity index (χ3n) is 5.13. The molecule has 0 spiro atoms. The third-order valence-corrected chi connectivity index (χ3v) is 5.13. The van der Waals surface area contributed by atoms with Gasteiger partial charge in [0, 0.05) is 24.3 Å². The molecule has 0 saturated carbocycles. The van der Waals surface area contributed by atoms with Crippen molar-refractivity contribution in [2.45, 2.75) is 19.8 Å². The van der Waals surface area contributed by atoms with Gasteiger partial charge in [-0.2, -0.15) is 0 Å². The van der Waals surface area contributed by atoms with Gasteiger partial charge in [0.15, 0.2) is 0 Å². The Balaban J connectivity index is 1.42. The zero-order valence-electron chi connectivity index (χ0n) is 16.4. The highest BCUT2D eigenvalue weighted by Crippen LogP contribution is 2.28. The summed E-state index contributed by atoms with van der Waals surface area (Å²) in [5.74, 6) is 0.253. The largest absolute Gasteiger partial charge is 0.494 e. The van der Waals surface area contributed by atoms with Gasteiger partial charge in [0.1, 0.15) is 5.75 Å². The molecule has 3 aromatic rings. The molecule has 0 radical (unpaired) electrons. The smallest absolute Gasteiger partial charge is 0.229 e. The van der Waals surface area contributed by atoms with Crippen molar-refractivity contribution in [3.63, 3.8) is 0 Å². The minimum Gasteiger partial charge on any atom is -0.494 e. The number of hydrogen-bond donors (Lipinski definition) is 1. The van der Waals surface area contributed by atoms with E-state index in [1.807, 2.05) is 66.7 Å². The number of rotatable bonds is 6. The van der Waals surface area contributed by atoms with E-state index in [2.05, 4.69) is 12.2 Å². The average Bonchev–Trinajstić information content (AvgIpc) is 3.14. The summed E-state index contributed by atoms with van der Waals surface area (Å²) >= 11 is 0. The predicted molar refractivity (Wildman–Crippen MR) is 115 cm³/mol. The molecule has 1 aliphatic rings. The quantitative estimate of drug-likeness (QED) is 0.670. The number of nitrogens with zero attached hydrogens (tertiary/aromatic N) is 1. The summed E-state index contributed by atoms with van der Waals surface area (Å²) in [5.41, 5.74) is 1.54. The minimum atomic E-state index is -0.370. The molecule has 148 valence electrons. The molecular formula is C24H24N2O3. The SMILES string of the molecule is CCCOc1ccc(N2C[C@H](C(=O)Nc3ccc4ccccc4c3)CC2=O)cc1. The first-order valence-corrected chi connectivity index (χ1v) is 9.97. The molecule has 29 heavy (non-hydrogen) atoms. The second-order valence-electron chi connectivity index (χ2n) is 7.30. The fraction of sp³-hybridized carbons (Fsp3) is 0.250. The van der Waals surface area contributed by atoms with Crippen LogP contribution in [0.2, 0.25) is 0 Å². The van der Waals surface area contributed by atoms with E-state index in [4.69, 9.17) is 4.74 Å². The van der Waals surface area contributed by atoms with E-state index in [9.17, 15) is 9.59 Å². The highest BCUT2D eigenvalue weighted by Gasteiger charge is 2.35. The molecule has 5 nitrogen and oxygen atoms in total. The maximum atomic E-state index is 12.7. The summed E-state index contributed by atoms with van der Waals surface area (Å²) in [6.45, 7) is 3.10. The maximum Gasteiger partial charge on any atom is 0.229 e. The van der Waals surface area contributed by atoms with Crippen molar-refractivity contribution < 1.29 is 14.3 Å². The van der Waals surface area contributed by atoms with Gasteiger partial charge in [-0.1, -0.05) is 37.3 Å². The summed E-state index contributed by atoms with van der Waals surface area (Å²) in [6.07, 6.45) is 1.16. The number of fused-ring (bicyclic) bond motifs is 1. The average molecular weight is 388 g/mol. The molecule has 1 fully saturated rings. The van der Waals surface area contributed by atoms with Crippen LogP contribution in [0, 0.1) is 5.92 Å². The van der Waals surface area contributed by atoms with Crippen LogP contribution in [0.1, 0.15) is 19.8 Å². The fourth-order valence-corrected chi connectivity index (χ4v) is 3.59. The Morgan fingerprint density at radius 2 is 1.83 bits per heavy atom. The molecule has 0 aliphatic carbocycles. The minimum absolute atomic E-state index is 0.0362. The predicted octanol–water partition coefficient (Wildman–Crippen LogP) is 4.62. The number of nitrogens with one attached hydrogen (secondary N) is 1. The first-order valence-electron chi connectivity index (χ1n) is 9.97. The molecule has 1 atom stereocenters. The van der Waals surface area contributed by atoms with Crippen LogP contribution in [0.4, 0.5) is 11.4 Å². The van der Waals surface area contributed by atoms with Gasteiger partial charge in [-0.05, 0) is 53.6 Å². The van der Waals surface area contributed by atoms with Crippen molar-refractivity contribution in [2.75, 3.05) is 23.4 Å². The summed E-state index contributed by atoms with van der Waals surface area (Å²) in [7, 11) is 0. The molecule has 1 aliphatic heterocycles. The Morgan fingerprint density at radius 1 is 1.07 bits per heavy atom. The zero-order valence-corrected chi connectivity index (χ0v) is 16.4. The van der Waals surface area contributed by atoms with Gasteiger partial charge in [0.2, 0.25) is 11.8 Å². The first kappa shape index (κ1) is 19.0. The molecule has 1 saturated heterocycles. The normalized spacial score (nSPS) is 16.2. The standard InChI is InChI=1S/C24H24N2O3/c1-2-13-29-22-11-9-21(10-12-22)26-16-19(15-23(26)27)24(28)25-20-8-7-17-5-3-4-6-18(17)14-20/h3-12,14,19H,2,13,15-16H2,1H3,(H,25,28)/t19-/m1/s1. The van der Waals surface area contributed by atoms with Crippen molar-refractivity contribution in [3.05, 3.63) is 66.7 Å². The van der Waals surface area contributed by atoms with Crippen LogP contribution in [0.5, 0.6) is 5.75 Å². The van der Waals surface area contributed by atoms with Crippen LogP contribution in [-0.2, 0) is 9.59 Å².